The van der Waals surface area contributed by atoms with Gasteiger partial charge in [-0.2, -0.15) is 5.10 Å². The first kappa shape index (κ1) is 11.6. The number of aliphatic hydroxyl groups is 1. The number of hydrogen-bond acceptors (Lipinski definition) is 2. The minimum absolute atomic E-state index is 0.0734. The van der Waals surface area contributed by atoms with E-state index in [1.54, 1.807) is 0 Å². The van der Waals surface area contributed by atoms with Gasteiger partial charge in [-0.05, 0) is 44.1 Å². The first-order chi connectivity index (χ1) is 7.77. The highest BCUT2D eigenvalue weighted by atomic mass is 16.3. The van der Waals surface area contributed by atoms with Crippen molar-refractivity contribution in [1.82, 2.24) is 9.78 Å². The van der Waals surface area contributed by atoms with E-state index in [2.05, 4.69) is 11.2 Å². The molecule has 0 amide bonds. The van der Waals surface area contributed by atoms with Crippen LogP contribution >= 0.6 is 0 Å². The largest absolute Gasteiger partial charge is 0.393 e. The molecular weight excluding hydrogens is 200 g/mol. The molecule has 1 saturated carbocycles. The van der Waals surface area contributed by atoms with Gasteiger partial charge < -0.3 is 5.11 Å². The summed E-state index contributed by atoms with van der Waals surface area (Å²) in [6, 6.07) is 2.06. The second-order valence-corrected chi connectivity index (χ2v) is 4.95. The maximum absolute atomic E-state index is 10.0. The zero-order valence-corrected chi connectivity index (χ0v) is 10.1. The van der Waals surface area contributed by atoms with Crippen molar-refractivity contribution in [3.63, 3.8) is 0 Å². The molecular formula is C13H22N2O. The second kappa shape index (κ2) is 5.48. The summed E-state index contributed by atoms with van der Waals surface area (Å²) in [7, 11) is 1.97. The van der Waals surface area contributed by atoms with E-state index in [0.29, 0.717) is 5.92 Å². The molecule has 1 aliphatic carbocycles. The number of nitrogens with zero attached hydrogens (tertiary/aromatic N) is 2. The fraction of sp³-hybridized carbons (Fsp3) is 0.769. The van der Waals surface area contributed by atoms with Crippen LogP contribution in [0.25, 0.3) is 0 Å². The van der Waals surface area contributed by atoms with Crippen molar-refractivity contribution in [2.45, 2.75) is 51.0 Å². The van der Waals surface area contributed by atoms with E-state index in [1.165, 1.54) is 31.4 Å². The van der Waals surface area contributed by atoms with Crippen LogP contribution in [0.1, 0.15) is 44.2 Å². The Morgan fingerprint density at radius 1 is 1.50 bits per heavy atom. The van der Waals surface area contributed by atoms with Gasteiger partial charge >= 0.3 is 0 Å². The summed E-state index contributed by atoms with van der Waals surface area (Å²) >= 11 is 0. The first-order valence-electron chi connectivity index (χ1n) is 6.42. The molecule has 0 aliphatic heterocycles. The molecule has 1 unspecified atom stereocenters. The van der Waals surface area contributed by atoms with Crippen molar-refractivity contribution in [1.29, 1.82) is 0 Å². The van der Waals surface area contributed by atoms with Crippen LogP contribution in [0.3, 0.4) is 0 Å². The number of aryl methyl sites for hydroxylation is 2. The topological polar surface area (TPSA) is 38.0 Å². The van der Waals surface area contributed by atoms with Crippen LogP contribution in [0, 0.1) is 5.92 Å². The molecule has 16 heavy (non-hydrogen) atoms. The minimum Gasteiger partial charge on any atom is -0.393 e. The molecule has 1 aromatic heterocycles. The molecule has 0 saturated heterocycles. The molecule has 1 aromatic rings. The molecule has 0 spiro atoms. The van der Waals surface area contributed by atoms with Crippen LogP contribution in [-0.4, -0.2) is 21.0 Å². The van der Waals surface area contributed by atoms with Gasteiger partial charge in [0.05, 0.1) is 6.10 Å². The molecule has 1 aliphatic rings. The molecule has 2 rings (SSSR count). The van der Waals surface area contributed by atoms with Crippen LogP contribution < -0.4 is 0 Å². The number of rotatable bonds is 5. The Hall–Kier alpha value is -0.830. The zero-order chi connectivity index (χ0) is 11.4. The quantitative estimate of drug-likeness (QED) is 0.830. The smallest absolute Gasteiger partial charge is 0.0568 e. The third-order valence-electron chi connectivity index (χ3n) is 3.80. The number of aliphatic hydroxyl groups excluding tert-OH is 1. The van der Waals surface area contributed by atoms with Gasteiger partial charge in [0.25, 0.3) is 0 Å². The van der Waals surface area contributed by atoms with E-state index in [1.807, 2.05) is 17.9 Å². The van der Waals surface area contributed by atoms with Crippen molar-refractivity contribution >= 4 is 0 Å². The monoisotopic (exact) mass is 222 g/mol. The normalized spacial score (nSPS) is 19.1. The Labute approximate surface area is 97.5 Å². The minimum atomic E-state index is -0.0734. The van der Waals surface area contributed by atoms with E-state index >= 15 is 0 Å². The van der Waals surface area contributed by atoms with Crippen molar-refractivity contribution in [3.8, 4) is 0 Å². The molecule has 3 heteroatoms. The molecule has 1 atom stereocenters. The van der Waals surface area contributed by atoms with Crippen LogP contribution in [-0.2, 0) is 13.5 Å². The summed E-state index contributed by atoms with van der Waals surface area (Å²) < 4.78 is 1.92. The molecule has 1 N–H and O–H groups in total. The van der Waals surface area contributed by atoms with Gasteiger partial charge in [0.15, 0.2) is 0 Å². The zero-order valence-electron chi connectivity index (χ0n) is 10.1. The van der Waals surface area contributed by atoms with Gasteiger partial charge in [-0.25, -0.2) is 0 Å². The summed E-state index contributed by atoms with van der Waals surface area (Å²) in [6.07, 6.45) is 9.87. The van der Waals surface area contributed by atoms with E-state index in [-0.39, 0.29) is 6.10 Å². The standard InChI is InChI=1S/C13H22N2O/c1-15-12(9-10-14-15)7-4-8-13(16)11-5-2-3-6-11/h9-11,13,16H,2-8H2,1H3. The third-order valence-corrected chi connectivity index (χ3v) is 3.80. The molecule has 0 radical (unpaired) electrons. The van der Waals surface area contributed by atoms with Crippen LogP contribution in [0.2, 0.25) is 0 Å². The molecule has 3 nitrogen and oxygen atoms in total. The Kier molecular flexibility index (Phi) is 3.99. The van der Waals surface area contributed by atoms with E-state index in [9.17, 15) is 5.11 Å². The Balaban J connectivity index is 1.69. The summed E-state index contributed by atoms with van der Waals surface area (Å²) in [5.74, 6) is 0.575. The number of hydrogen-bond donors (Lipinski definition) is 1. The molecule has 1 heterocycles. The highest BCUT2D eigenvalue weighted by Crippen LogP contribution is 2.29. The predicted octanol–water partition coefficient (Wildman–Crippen LogP) is 2.29. The van der Waals surface area contributed by atoms with Gasteiger partial charge in [0, 0.05) is 18.9 Å². The van der Waals surface area contributed by atoms with Crippen LogP contribution in [0.5, 0.6) is 0 Å². The van der Waals surface area contributed by atoms with Crippen molar-refractivity contribution in [3.05, 3.63) is 18.0 Å². The lowest BCUT2D eigenvalue weighted by Gasteiger charge is -2.17. The van der Waals surface area contributed by atoms with Crippen molar-refractivity contribution in [2.75, 3.05) is 0 Å². The van der Waals surface area contributed by atoms with Crippen molar-refractivity contribution in [2.24, 2.45) is 13.0 Å². The molecule has 0 aromatic carbocycles. The van der Waals surface area contributed by atoms with Crippen molar-refractivity contribution < 1.29 is 5.11 Å². The van der Waals surface area contributed by atoms with Gasteiger partial charge in [0.2, 0.25) is 0 Å². The summed E-state index contributed by atoms with van der Waals surface area (Å²) in [6.45, 7) is 0. The Morgan fingerprint density at radius 2 is 2.25 bits per heavy atom. The molecule has 90 valence electrons. The summed E-state index contributed by atoms with van der Waals surface area (Å²) in [4.78, 5) is 0. The average molecular weight is 222 g/mol. The lowest BCUT2D eigenvalue weighted by atomic mass is 9.96. The van der Waals surface area contributed by atoms with Crippen LogP contribution in [0.15, 0.2) is 12.3 Å². The van der Waals surface area contributed by atoms with Crippen LogP contribution in [0.4, 0.5) is 0 Å². The molecule has 1 fully saturated rings. The van der Waals surface area contributed by atoms with Gasteiger partial charge in [-0.1, -0.05) is 12.8 Å². The first-order valence-corrected chi connectivity index (χ1v) is 6.42. The Morgan fingerprint density at radius 3 is 2.88 bits per heavy atom. The lowest BCUT2D eigenvalue weighted by Crippen LogP contribution is -2.17. The van der Waals surface area contributed by atoms with Gasteiger partial charge in [-0.15, -0.1) is 0 Å². The predicted molar refractivity (Wildman–Crippen MR) is 64.1 cm³/mol. The number of aromatic nitrogens is 2. The molecule has 0 bridgehead atoms. The van der Waals surface area contributed by atoms with E-state index in [4.69, 9.17) is 0 Å². The summed E-state index contributed by atoms with van der Waals surface area (Å²) in [5.41, 5.74) is 1.26. The van der Waals surface area contributed by atoms with E-state index < -0.39 is 0 Å². The highest BCUT2D eigenvalue weighted by Gasteiger charge is 2.22. The third kappa shape index (κ3) is 2.85. The van der Waals surface area contributed by atoms with Gasteiger partial charge in [-0.3, -0.25) is 4.68 Å². The van der Waals surface area contributed by atoms with E-state index in [0.717, 1.165) is 19.3 Å². The fourth-order valence-electron chi connectivity index (χ4n) is 2.72. The fourth-order valence-corrected chi connectivity index (χ4v) is 2.72. The maximum atomic E-state index is 10.0. The Bertz CT molecular complexity index is 315. The second-order valence-electron chi connectivity index (χ2n) is 4.95. The summed E-state index contributed by atoms with van der Waals surface area (Å²) in [5, 5.41) is 14.2. The lowest BCUT2D eigenvalue weighted by molar-refractivity contribution is 0.0997. The average Bonchev–Trinajstić information content (AvgIpc) is 2.90. The maximum Gasteiger partial charge on any atom is 0.0568 e. The van der Waals surface area contributed by atoms with Gasteiger partial charge in [0.1, 0.15) is 0 Å². The highest BCUT2D eigenvalue weighted by molar-refractivity contribution is 4.99. The SMILES string of the molecule is Cn1nccc1CCCC(O)C1CCCC1.